The first kappa shape index (κ1) is 21.0. The molecule has 0 N–H and O–H groups in total. The maximum atomic E-state index is 13.3. The van der Waals surface area contributed by atoms with E-state index in [-0.39, 0.29) is 18.2 Å². The van der Waals surface area contributed by atoms with Gasteiger partial charge in [-0.3, -0.25) is 14.6 Å². The molecule has 0 fully saturated rings. The number of rotatable bonds is 8. The summed E-state index contributed by atoms with van der Waals surface area (Å²) in [5, 5.41) is 2.00. The highest BCUT2D eigenvalue weighted by Gasteiger charge is 2.21. The molecule has 0 saturated carbocycles. The van der Waals surface area contributed by atoms with Crippen molar-refractivity contribution in [3.05, 3.63) is 83.1 Å². The molecule has 0 aliphatic rings. The van der Waals surface area contributed by atoms with Gasteiger partial charge < -0.3 is 9.47 Å². The summed E-state index contributed by atoms with van der Waals surface area (Å²) in [6.07, 6.45) is 4.52. The van der Waals surface area contributed by atoms with Gasteiger partial charge in [-0.1, -0.05) is 12.1 Å². The van der Waals surface area contributed by atoms with Crippen molar-refractivity contribution in [2.24, 2.45) is 0 Å². The number of thiophene rings is 1. The molecular formula is C25H25N3O2S. The Hall–Kier alpha value is -3.25. The molecule has 158 valence electrons. The van der Waals surface area contributed by atoms with Crippen molar-refractivity contribution >= 4 is 38.9 Å². The molecule has 1 aromatic carbocycles. The summed E-state index contributed by atoms with van der Waals surface area (Å²) in [6.45, 7) is 4.69. The fourth-order valence-corrected chi connectivity index (χ4v) is 4.66. The summed E-state index contributed by atoms with van der Waals surface area (Å²) in [5.41, 5.74) is 4.61. The van der Waals surface area contributed by atoms with Crippen molar-refractivity contribution in [3.63, 3.8) is 0 Å². The second kappa shape index (κ2) is 9.27. The summed E-state index contributed by atoms with van der Waals surface area (Å²) in [5.74, 6) is 0.0200. The molecule has 3 heterocycles. The number of anilines is 1. The summed E-state index contributed by atoms with van der Waals surface area (Å²) < 4.78 is 2.90. The lowest BCUT2D eigenvalue weighted by molar-refractivity contribution is -0.119. The number of hydrogen-bond donors (Lipinski definition) is 0. The Kier molecular flexibility index (Phi) is 6.28. The van der Waals surface area contributed by atoms with Crippen LogP contribution in [0.5, 0.6) is 0 Å². The standard InChI is InChI=1S/C25H25N3O2S/c1-3-27(20-6-4-5-18(2)15-20)25(30)17-28-21-11-14-31-24(21)16-22(28)23(29)8-7-19-9-12-26-13-10-19/h4-6,9-16H,3,7-8,17H2,1-2H3. The summed E-state index contributed by atoms with van der Waals surface area (Å²) in [7, 11) is 0. The molecule has 0 spiro atoms. The number of amides is 1. The zero-order valence-electron chi connectivity index (χ0n) is 17.7. The largest absolute Gasteiger partial charge is 0.328 e. The molecule has 0 unspecified atom stereocenters. The fraction of sp³-hybridized carbons (Fsp3) is 0.240. The summed E-state index contributed by atoms with van der Waals surface area (Å²) >= 11 is 1.59. The lowest BCUT2D eigenvalue weighted by Gasteiger charge is -2.22. The summed E-state index contributed by atoms with van der Waals surface area (Å²) in [6, 6.07) is 15.7. The second-order valence-electron chi connectivity index (χ2n) is 7.54. The Morgan fingerprint density at radius 2 is 1.90 bits per heavy atom. The molecule has 0 radical (unpaired) electrons. The van der Waals surface area contributed by atoms with Crippen LogP contribution in [0.3, 0.4) is 0 Å². The number of fused-ring (bicyclic) bond motifs is 1. The van der Waals surface area contributed by atoms with Gasteiger partial charge in [-0.15, -0.1) is 11.3 Å². The van der Waals surface area contributed by atoms with Gasteiger partial charge in [0.25, 0.3) is 0 Å². The number of Topliss-reactive ketones (excluding diaryl/α,β-unsaturated/α-hetero) is 1. The number of hydrogen-bond acceptors (Lipinski definition) is 4. The topological polar surface area (TPSA) is 55.2 Å². The van der Waals surface area contributed by atoms with Crippen LogP contribution in [0.2, 0.25) is 0 Å². The number of carbonyl (C=O) groups is 2. The van der Waals surface area contributed by atoms with Gasteiger partial charge in [0.15, 0.2) is 5.78 Å². The van der Waals surface area contributed by atoms with Crippen LogP contribution >= 0.6 is 11.3 Å². The smallest absolute Gasteiger partial charge is 0.246 e. The van der Waals surface area contributed by atoms with E-state index < -0.39 is 0 Å². The van der Waals surface area contributed by atoms with Crippen molar-refractivity contribution in [1.82, 2.24) is 9.55 Å². The van der Waals surface area contributed by atoms with Crippen molar-refractivity contribution in [3.8, 4) is 0 Å². The molecule has 1 amide bonds. The number of benzene rings is 1. The predicted molar refractivity (Wildman–Crippen MR) is 126 cm³/mol. The normalized spacial score (nSPS) is 11.0. The van der Waals surface area contributed by atoms with Gasteiger partial charge in [0.2, 0.25) is 5.91 Å². The molecule has 0 saturated heterocycles. The molecule has 4 aromatic rings. The predicted octanol–water partition coefficient (Wildman–Crippen LogP) is 5.27. The van der Waals surface area contributed by atoms with Crippen LogP contribution in [0.15, 0.2) is 66.3 Å². The highest BCUT2D eigenvalue weighted by molar-refractivity contribution is 7.17. The van der Waals surface area contributed by atoms with Gasteiger partial charge in [0, 0.05) is 31.0 Å². The van der Waals surface area contributed by atoms with Gasteiger partial charge in [-0.25, -0.2) is 0 Å². The van der Waals surface area contributed by atoms with Crippen LogP contribution < -0.4 is 4.90 Å². The lowest BCUT2D eigenvalue weighted by Crippen LogP contribution is -2.34. The third-order valence-electron chi connectivity index (χ3n) is 5.42. The van der Waals surface area contributed by atoms with E-state index in [0.717, 1.165) is 27.0 Å². The first-order valence-corrected chi connectivity index (χ1v) is 11.3. The summed E-state index contributed by atoms with van der Waals surface area (Å²) in [4.78, 5) is 32.1. The number of aryl methyl sites for hydroxylation is 2. The lowest BCUT2D eigenvalue weighted by atomic mass is 10.1. The number of carbonyl (C=O) groups excluding carboxylic acids is 2. The van der Waals surface area contributed by atoms with Gasteiger partial charge >= 0.3 is 0 Å². The number of likely N-dealkylation sites (N-methyl/N-ethyl adjacent to an activating group) is 1. The van der Waals surface area contributed by atoms with Gasteiger partial charge in [0.1, 0.15) is 6.54 Å². The minimum Gasteiger partial charge on any atom is -0.328 e. The highest BCUT2D eigenvalue weighted by Crippen LogP contribution is 2.27. The molecule has 5 nitrogen and oxygen atoms in total. The second-order valence-corrected chi connectivity index (χ2v) is 8.49. The molecule has 3 aromatic heterocycles. The van der Waals surface area contributed by atoms with E-state index >= 15 is 0 Å². The van der Waals surface area contributed by atoms with Gasteiger partial charge in [0.05, 0.1) is 15.9 Å². The average Bonchev–Trinajstić information content (AvgIpc) is 3.36. The highest BCUT2D eigenvalue weighted by atomic mass is 32.1. The van der Waals surface area contributed by atoms with Crippen molar-refractivity contribution in [2.45, 2.75) is 33.2 Å². The van der Waals surface area contributed by atoms with E-state index in [1.54, 1.807) is 28.6 Å². The Morgan fingerprint density at radius 3 is 2.65 bits per heavy atom. The molecule has 0 aliphatic carbocycles. The van der Waals surface area contributed by atoms with Crippen LogP contribution in [-0.2, 0) is 17.8 Å². The SMILES string of the molecule is CCN(C(=O)Cn1c(C(=O)CCc2ccncc2)cc2sccc21)c1cccc(C)c1. The molecule has 6 heteroatoms. The van der Waals surface area contributed by atoms with Crippen LogP contribution in [0.1, 0.15) is 35.0 Å². The zero-order valence-corrected chi connectivity index (χ0v) is 18.6. The number of pyridine rings is 1. The third-order valence-corrected chi connectivity index (χ3v) is 6.28. The third kappa shape index (κ3) is 4.59. The Balaban J connectivity index is 1.58. The van der Waals surface area contributed by atoms with E-state index in [9.17, 15) is 9.59 Å². The molecule has 0 atom stereocenters. The van der Waals surface area contributed by atoms with Crippen LogP contribution in [0.25, 0.3) is 10.2 Å². The molecule has 0 bridgehead atoms. The van der Waals surface area contributed by atoms with Crippen molar-refractivity contribution in [2.75, 3.05) is 11.4 Å². The number of ketones is 1. The molecule has 31 heavy (non-hydrogen) atoms. The molecule has 4 rings (SSSR count). The van der Waals surface area contributed by atoms with Crippen molar-refractivity contribution < 1.29 is 9.59 Å². The first-order chi connectivity index (χ1) is 15.1. The van der Waals surface area contributed by atoms with Gasteiger partial charge in [-0.05, 0) is 73.2 Å². The fourth-order valence-electron chi connectivity index (χ4n) is 3.83. The maximum Gasteiger partial charge on any atom is 0.246 e. The molecular weight excluding hydrogens is 406 g/mol. The van der Waals surface area contributed by atoms with Gasteiger partial charge in [-0.2, -0.15) is 0 Å². The van der Waals surface area contributed by atoms with E-state index in [2.05, 4.69) is 4.98 Å². The number of aromatic nitrogens is 2. The van der Waals surface area contributed by atoms with Crippen LogP contribution in [0, 0.1) is 6.92 Å². The van der Waals surface area contributed by atoms with E-state index in [0.29, 0.717) is 25.1 Å². The van der Waals surface area contributed by atoms with Crippen molar-refractivity contribution in [1.29, 1.82) is 0 Å². The van der Waals surface area contributed by atoms with Crippen LogP contribution in [0.4, 0.5) is 5.69 Å². The Morgan fingerprint density at radius 1 is 1.10 bits per heavy atom. The Bertz CT molecular complexity index is 1210. The first-order valence-electron chi connectivity index (χ1n) is 10.4. The monoisotopic (exact) mass is 431 g/mol. The minimum absolute atomic E-state index is 0.0278. The Labute approximate surface area is 186 Å². The van der Waals surface area contributed by atoms with E-state index in [4.69, 9.17) is 0 Å². The zero-order chi connectivity index (χ0) is 21.8. The maximum absolute atomic E-state index is 13.3. The minimum atomic E-state index is -0.0278. The quantitative estimate of drug-likeness (QED) is 0.357. The average molecular weight is 432 g/mol. The van der Waals surface area contributed by atoms with Crippen LogP contribution in [-0.4, -0.2) is 27.8 Å². The number of nitrogens with zero attached hydrogens (tertiary/aromatic N) is 3. The van der Waals surface area contributed by atoms with E-state index in [1.807, 2.05) is 72.3 Å². The van der Waals surface area contributed by atoms with E-state index in [1.165, 1.54) is 0 Å². The molecule has 0 aliphatic heterocycles.